The minimum atomic E-state index is -0.708. The maximum Gasteiger partial charge on any atom is 0.131 e. The molecule has 2 N–H and O–H groups in total. The molecule has 0 spiro atoms. The van der Waals surface area contributed by atoms with Gasteiger partial charge in [-0.3, -0.25) is 0 Å². The van der Waals surface area contributed by atoms with Crippen LogP contribution < -0.4 is 5.32 Å². The third-order valence-corrected chi connectivity index (χ3v) is 3.22. The van der Waals surface area contributed by atoms with Crippen LogP contribution in [0.25, 0.3) is 0 Å². The molecule has 2 rings (SSSR count). The Bertz CT molecular complexity index is 431. The summed E-state index contributed by atoms with van der Waals surface area (Å²) in [7, 11) is 0. The van der Waals surface area contributed by atoms with Crippen molar-refractivity contribution in [2.45, 2.75) is 38.3 Å². The number of nitrogens with one attached hydrogen (secondary N) is 1. The first-order chi connectivity index (χ1) is 7.33. The lowest BCUT2D eigenvalue weighted by molar-refractivity contribution is 0.0854. The van der Waals surface area contributed by atoms with Gasteiger partial charge >= 0.3 is 0 Å². The first-order valence-electron chi connectivity index (χ1n) is 5.28. The molecule has 2 nitrogen and oxygen atoms in total. The smallest absolute Gasteiger partial charge is 0.131 e. The molecule has 16 heavy (non-hydrogen) atoms. The van der Waals surface area contributed by atoms with Gasteiger partial charge in [-0.15, -0.1) is 0 Å². The van der Waals surface area contributed by atoms with E-state index in [1.807, 2.05) is 0 Å². The second-order valence-corrected chi connectivity index (χ2v) is 4.93. The highest BCUT2D eigenvalue weighted by Crippen LogP contribution is 2.40. The molecular weight excluding hydrogens is 212 g/mol. The molecule has 88 valence electrons. The van der Waals surface area contributed by atoms with Crippen molar-refractivity contribution in [2.24, 2.45) is 0 Å². The van der Waals surface area contributed by atoms with Crippen LogP contribution in [0.3, 0.4) is 0 Å². The van der Waals surface area contributed by atoms with Crippen LogP contribution in [0.2, 0.25) is 0 Å². The van der Waals surface area contributed by atoms with Crippen molar-refractivity contribution in [3.05, 3.63) is 29.3 Å². The van der Waals surface area contributed by atoms with Crippen molar-refractivity contribution >= 4 is 5.69 Å². The monoisotopic (exact) mass is 227 g/mol. The summed E-state index contributed by atoms with van der Waals surface area (Å²) < 4.78 is 26.7. The number of hydrogen-bond acceptors (Lipinski definition) is 2. The van der Waals surface area contributed by atoms with E-state index in [1.54, 1.807) is 20.8 Å². The second-order valence-electron chi connectivity index (χ2n) is 4.93. The third kappa shape index (κ3) is 1.57. The van der Waals surface area contributed by atoms with Gasteiger partial charge in [-0.25, -0.2) is 8.78 Å². The SMILES string of the molecule is C[C@@H]1c2c(F)cc(F)cc2NC(C)(C)[C@H]1O. The van der Waals surface area contributed by atoms with Gasteiger partial charge in [0.1, 0.15) is 11.6 Å². The Labute approximate surface area is 93.3 Å². The zero-order valence-corrected chi connectivity index (χ0v) is 9.51. The fraction of sp³-hybridized carbons (Fsp3) is 0.500. The Morgan fingerprint density at radius 2 is 1.94 bits per heavy atom. The summed E-state index contributed by atoms with van der Waals surface area (Å²) in [5.74, 6) is -1.57. The Hall–Kier alpha value is -1.16. The molecule has 1 aromatic carbocycles. The molecule has 1 heterocycles. The normalized spacial score (nSPS) is 27.1. The van der Waals surface area contributed by atoms with Gasteiger partial charge < -0.3 is 10.4 Å². The van der Waals surface area contributed by atoms with Crippen molar-refractivity contribution < 1.29 is 13.9 Å². The van der Waals surface area contributed by atoms with E-state index in [2.05, 4.69) is 5.32 Å². The summed E-state index contributed by atoms with van der Waals surface area (Å²) in [5.41, 5.74) is 0.195. The van der Waals surface area contributed by atoms with Crippen LogP contribution >= 0.6 is 0 Å². The summed E-state index contributed by atoms with van der Waals surface area (Å²) in [4.78, 5) is 0. The molecule has 0 aromatic heterocycles. The fourth-order valence-corrected chi connectivity index (χ4v) is 2.35. The Kier molecular flexibility index (Phi) is 2.42. The number of hydrogen-bond donors (Lipinski definition) is 2. The highest BCUT2D eigenvalue weighted by Gasteiger charge is 2.40. The van der Waals surface area contributed by atoms with E-state index in [0.29, 0.717) is 11.3 Å². The van der Waals surface area contributed by atoms with Gasteiger partial charge in [0.2, 0.25) is 0 Å². The number of halogens is 2. The van der Waals surface area contributed by atoms with Gasteiger partial charge in [-0.1, -0.05) is 6.92 Å². The summed E-state index contributed by atoms with van der Waals surface area (Å²) in [5, 5.41) is 13.0. The van der Waals surface area contributed by atoms with Gasteiger partial charge in [0.05, 0.1) is 11.6 Å². The maximum atomic E-state index is 13.6. The maximum absolute atomic E-state index is 13.6. The predicted molar refractivity (Wildman–Crippen MR) is 58.5 cm³/mol. The largest absolute Gasteiger partial charge is 0.390 e. The zero-order valence-electron chi connectivity index (χ0n) is 9.51. The van der Waals surface area contributed by atoms with Gasteiger partial charge in [0.15, 0.2) is 0 Å². The highest BCUT2D eigenvalue weighted by atomic mass is 19.1. The van der Waals surface area contributed by atoms with Crippen molar-refractivity contribution in [3.63, 3.8) is 0 Å². The molecule has 0 saturated carbocycles. The number of aliphatic hydroxyl groups excluding tert-OH is 1. The summed E-state index contributed by atoms with van der Waals surface area (Å²) in [6.45, 7) is 5.35. The molecule has 0 saturated heterocycles. The minimum Gasteiger partial charge on any atom is -0.390 e. The van der Waals surface area contributed by atoms with Crippen molar-refractivity contribution in [2.75, 3.05) is 5.32 Å². The number of benzene rings is 1. The number of anilines is 1. The average Bonchev–Trinajstić information content (AvgIpc) is 2.12. The summed E-state index contributed by atoms with van der Waals surface area (Å²) in [6.07, 6.45) is -0.708. The molecular formula is C12H15F2NO. The zero-order chi connectivity index (χ0) is 12.1. The molecule has 0 fully saturated rings. The summed E-state index contributed by atoms with van der Waals surface area (Å²) >= 11 is 0. The molecule has 2 atom stereocenters. The van der Waals surface area contributed by atoms with Gasteiger partial charge in [0.25, 0.3) is 0 Å². The van der Waals surface area contributed by atoms with E-state index in [-0.39, 0.29) is 5.92 Å². The molecule has 0 unspecified atom stereocenters. The van der Waals surface area contributed by atoms with Gasteiger partial charge in [0, 0.05) is 23.2 Å². The van der Waals surface area contributed by atoms with E-state index in [1.165, 1.54) is 6.07 Å². The van der Waals surface area contributed by atoms with E-state index < -0.39 is 23.3 Å². The van der Waals surface area contributed by atoms with Crippen molar-refractivity contribution in [1.82, 2.24) is 0 Å². The summed E-state index contributed by atoms with van der Waals surface area (Å²) in [6, 6.07) is 2.12. The molecule has 1 aliphatic heterocycles. The fourth-order valence-electron chi connectivity index (χ4n) is 2.35. The van der Waals surface area contributed by atoms with Crippen LogP contribution in [0, 0.1) is 11.6 Å². The van der Waals surface area contributed by atoms with Crippen LogP contribution in [0.4, 0.5) is 14.5 Å². The number of aliphatic hydroxyl groups is 1. The van der Waals surface area contributed by atoms with E-state index in [0.717, 1.165) is 6.07 Å². The Morgan fingerprint density at radius 3 is 2.56 bits per heavy atom. The second kappa shape index (κ2) is 3.42. The highest BCUT2D eigenvalue weighted by molar-refractivity contribution is 5.58. The standard InChI is InChI=1S/C12H15F2NO/c1-6-10-8(14)4-7(13)5-9(10)15-12(2,3)11(6)16/h4-6,11,15-16H,1-3H3/t6-,11+/m1/s1. The third-order valence-electron chi connectivity index (χ3n) is 3.22. The van der Waals surface area contributed by atoms with Crippen molar-refractivity contribution in [3.8, 4) is 0 Å². The predicted octanol–water partition coefficient (Wildman–Crippen LogP) is 2.63. The number of rotatable bonds is 0. The lowest BCUT2D eigenvalue weighted by Crippen LogP contribution is -2.50. The van der Waals surface area contributed by atoms with E-state index in [4.69, 9.17) is 0 Å². The van der Waals surface area contributed by atoms with Gasteiger partial charge in [-0.05, 0) is 19.9 Å². The molecule has 0 aliphatic carbocycles. The van der Waals surface area contributed by atoms with Crippen LogP contribution in [0.5, 0.6) is 0 Å². The molecule has 0 bridgehead atoms. The van der Waals surface area contributed by atoms with E-state index in [9.17, 15) is 13.9 Å². The Morgan fingerprint density at radius 1 is 1.31 bits per heavy atom. The van der Waals surface area contributed by atoms with Crippen molar-refractivity contribution in [1.29, 1.82) is 0 Å². The van der Waals surface area contributed by atoms with E-state index >= 15 is 0 Å². The lowest BCUT2D eigenvalue weighted by Gasteiger charge is -2.42. The molecule has 1 aromatic rings. The Balaban J connectivity index is 2.59. The quantitative estimate of drug-likeness (QED) is 0.714. The average molecular weight is 227 g/mol. The lowest BCUT2D eigenvalue weighted by atomic mass is 9.79. The first kappa shape index (κ1) is 11.3. The van der Waals surface area contributed by atoms with Crippen LogP contribution in [0.1, 0.15) is 32.3 Å². The first-order valence-corrected chi connectivity index (χ1v) is 5.28. The minimum absolute atomic E-state index is 0.355. The van der Waals surface area contributed by atoms with Crippen LogP contribution in [-0.2, 0) is 0 Å². The molecule has 0 radical (unpaired) electrons. The van der Waals surface area contributed by atoms with Crippen LogP contribution in [-0.4, -0.2) is 16.7 Å². The number of fused-ring (bicyclic) bond motifs is 1. The topological polar surface area (TPSA) is 32.3 Å². The molecule has 1 aliphatic rings. The van der Waals surface area contributed by atoms with Crippen LogP contribution in [0.15, 0.2) is 12.1 Å². The van der Waals surface area contributed by atoms with Gasteiger partial charge in [-0.2, -0.15) is 0 Å². The molecule has 4 heteroatoms. The molecule has 0 amide bonds.